The molecule has 0 spiro atoms. The number of carbonyl (C=O) groups excluding carboxylic acids is 1. The number of ether oxygens (including phenoxy) is 1. The Kier molecular flexibility index (Phi) is 4.18. The fraction of sp³-hybridized carbons (Fsp3) is 0.158. The van der Waals surface area contributed by atoms with Gasteiger partial charge in [-0.3, -0.25) is 9.59 Å². The smallest absolute Gasteiger partial charge is 0.255 e. The molecular formula is C19H18N2O3. The van der Waals surface area contributed by atoms with Gasteiger partial charge in [-0.1, -0.05) is 18.2 Å². The number of methoxy groups -OCH3 is 1. The number of benzene rings is 2. The number of H-pyrrole nitrogens is 1. The normalized spacial score (nSPS) is 12.1. The van der Waals surface area contributed by atoms with E-state index in [9.17, 15) is 9.59 Å². The zero-order valence-electron chi connectivity index (χ0n) is 13.5. The first-order chi connectivity index (χ1) is 11.5. The van der Waals surface area contributed by atoms with E-state index < -0.39 is 0 Å². The maximum Gasteiger partial charge on any atom is 0.255 e. The lowest BCUT2D eigenvalue weighted by molar-refractivity contribution is 0.103. The largest absolute Gasteiger partial charge is 0.496 e. The molecule has 3 rings (SSSR count). The van der Waals surface area contributed by atoms with Crippen LogP contribution in [-0.4, -0.2) is 17.9 Å². The molecule has 0 unspecified atom stereocenters. The number of nitrogens with two attached hydrogens (primary N) is 1. The lowest BCUT2D eigenvalue weighted by Crippen LogP contribution is -2.10. The summed E-state index contributed by atoms with van der Waals surface area (Å²) in [5.74, 6) is 0.274. The minimum atomic E-state index is -0.221. The average molecular weight is 322 g/mol. The molecule has 3 N–H and O–H groups in total. The highest BCUT2D eigenvalue weighted by Gasteiger charge is 2.18. The van der Waals surface area contributed by atoms with E-state index in [-0.39, 0.29) is 17.4 Å². The molecule has 0 saturated carbocycles. The van der Waals surface area contributed by atoms with Crippen molar-refractivity contribution >= 4 is 16.6 Å². The number of aromatic nitrogens is 1. The summed E-state index contributed by atoms with van der Waals surface area (Å²) in [6, 6.07) is 12.0. The standard InChI is InChI=1S/C19H18N2O3/c1-11(20)12-6-7-16(17(10-12)24-2)18(22)14-4-3-5-15-13(14)8-9-21-19(15)23/h3-11H,20H2,1-2H3,(H,21,23)/t11-/m1/s1. The predicted octanol–water partition coefficient (Wildman–Crippen LogP) is 2.79. The molecule has 1 aromatic heterocycles. The predicted molar refractivity (Wildman–Crippen MR) is 93.6 cm³/mol. The fourth-order valence-corrected chi connectivity index (χ4v) is 2.74. The molecule has 24 heavy (non-hydrogen) atoms. The Morgan fingerprint density at radius 2 is 1.92 bits per heavy atom. The van der Waals surface area contributed by atoms with E-state index in [1.807, 2.05) is 13.0 Å². The third-order valence-corrected chi connectivity index (χ3v) is 4.06. The second-order valence-electron chi connectivity index (χ2n) is 5.65. The van der Waals surface area contributed by atoms with Crippen LogP contribution in [0.25, 0.3) is 10.8 Å². The quantitative estimate of drug-likeness (QED) is 0.723. The van der Waals surface area contributed by atoms with Crippen LogP contribution >= 0.6 is 0 Å². The lowest BCUT2D eigenvalue weighted by atomic mass is 9.96. The van der Waals surface area contributed by atoms with Gasteiger partial charge in [0, 0.05) is 23.2 Å². The van der Waals surface area contributed by atoms with Crippen LogP contribution in [0.1, 0.15) is 34.5 Å². The molecule has 0 bridgehead atoms. The number of rotatable bonds is 4. The Morgan fingerprint density at radius 1 is 1.12 bits per heavy atom. The number of carbonyl (C=O) groups is 1. The number of nitrogens with one attached hydrogen (secondary N) is 1. The maximum atomic E-state index is 13.0. The molecule has 1 atom stereocenters. The van der Waals surface area contributed by atoms with Crippen molar-refractivity contribution in [1.82, 2.24) is 4.98 Å². The van der Waals surface area contributed by atoms with Gasteiger partial charge in [0.05, 0.1) is 12.7 Å². The minimum absolute atomic E-state index is 0.154. The van der Waals surface area contributed by atoms with Gasteiger partial charge in [0.15, 0.2) is 5.78 Å². The topological polar surface area (TPSA) is 85.2 Å². The maximum absolute atomic E-state index is 13.0. The van der Waals surface area contributed by atoms with E-state index in [1.165, 1.54) is 13.3 Å². The van der Waals surface area contributed by atoms with Gasteiger partial charge in [-0.15, -0.1) is 0 Å². The van der Waals surface area contributed by atoms with Crippen LogP contribution in [0.5, 0.6) is 5.75 Å². The molecule has 1 heterocycles. The van der Waals surface area contributed by atoms with Gasteiger partial charge in [-0.05, 0) is 42.1 Å². The number of aromatic amines is 1. The zero-order chi connectivity index (χ0) is 17.3. The highest BCUT2D eigenvalue weighted by molar-refractivity contribution is 6.17. The summed E-state index contributed by atoms with van der Waals surface area (Å²) in [5, 5.41) is 1.10. The summed E-state index contributed by atoms with van der Waals surface area (Å²) in [4.78, 5) is 27.6. The molecule has 0 aliphatic rings. The molecule has 0 amide bonds. The second-order valence-corrected chi connectivity index (χ2v) is 5.65. The van der Waals surface area contributed by atoms with E-state index in [0.717, 1.165) is 5.56 Å². The molecule has 3 aromatic rings. The summed E-state index contributed by atoms with van der Waals surface area (Å²) in [7, 11) is 1.52. The van der Waals surface area contributed by atoms with Gasteiger partial charge in [0.2, 0.25) is 0 Å². The SMILES string of the molecule is COc1cc([C@@H](C)N)ccc1C(=O)c1cccc2c(=O)[nH]ccc12. The Labute approximate surface area is 139 Å². The third-order valence-electron chi connectivity index (χ3n) is 4.06. The number of fused-ring (bicyclic) bond motifs is 1. The van der Waals surface area contributed by atoms with Gasteiger partial charge in [-0.2, -0.15) is 0 Å². The highest BCUT2D eigenvalue weighted by Crippen LogP contribution is 2.27. The Morgan fingerprint density at radius 3 is 2.62 bits per heavy atom. The molecule has 0 saturated heterocycles. The van der Waals surface area contributed by atoms with Crippen molar-refractivity contribution in [3.05, 3.63) is 75.7 Å². The van der Waals surface area contributed by atoms with Gasteiger partial charge in [0.25, 0.3) is 5.56 Å². The van der Waals surface area contributed by atoms with Crippen LogP contribution in [0.2, 0.25) is 0 Å². The van der Waals surface area contributed by atoms with Crippen LogP contribution in [0.15, 0.2) is 53.5 Å². The van der Waals surface area contributed by atoms with Crippen molar-refractivity contribution in [2.45, 2.75) is 13.0 Å². The summed E-state index contributed by atoms with van der Waals surface area (Å²) in [6.45, 7) is 1.87. The molecule has 5 nitrogen and oxygen atoms in total. The van der Waals surface area contributed by atoms with Crippen molar-refractivity contribution < 1.29 is 9.53 Å². The van der Waals surface area contributed by atoms with Crippen LogP contribution in [0.3, 0.4) is 0 Å². The molecule has 2 aromatic carbocycles. The minimum Gasteiger partial charge on any atom is -0.496 e. The van der Waals surface area contributed by atoms with Crippen LogP contribution in [0.4, 0.5) is 0 Å². The molecule has 0 aliphatic carbocycles. The Hall–Kier alpha value is -2.92. The highest BCUT2D eigenvalue weighted by atomic mass is 16.5. The van der Waals surface area contributed by atoms with Crippen molar-refractivity contribution in [1.29, 1.82) is 0 Å². The van der Waals surface area contributed by atoms with Gasteiger partial charge < -0.3 is 15.5 Å². The number of hydrogen-bond acceptors (Lipinski definition) is 4. The Bertz CT molecular complexity index is 974. The van der Waals surface area contributed by atoms with Crippen molar-refractivity contribution in [3.63, 3.8) is 0 Å². The summed E-state index contributed by atoms with van der Waals surface area (Å²) < 4.78 is 5.37. The van der Waals surface area contributed by atoms with E-state index >= 15 is 0 Å². The first kappa shape index (κ1) is 16.0. The van der Waals surface area contributed by atoms with Crippen LogP contribution in [-0.2, 0) is 0 Å². The average Bonchev–Trinajstić information content (AvgIpc) is 2.60. The fourth-order valence-electron chi connectivity index (χ4n) is 2.74. The number of hydrogen-bond donors (Lipinski definition) is 2. The van der Waals surface area contributed by atoms with Gasteiger partial charge in [-0.25, -0.2) is 0 Å². The first-order valence-corrected chi connectivity index (χ1v) is 7.61. The summed E-state index contributed by atoms with van der Waals surface area (Å²) in [5.41, 5.74) is 7.46. The molecule has 0 fully saturated rings. The molecular weight excluding hydrogens is 304 g/mol. The van der Waals surface area contributed by atoms with Crippen molar-refractivity contribution in [2.24, 2.45) is 5.73 Å². The number of ketones is 1. The van der Waals surface area contributed by atoms with Crippen LogP contribution < -0.4 is 16.0 Å². The van der Waals surface area contributed by atoms with E-state index in [2.05, 4.69) is 4.98 Å². The summed E-state index contributed by atoms with van der Waals surface area (Å²) in [6.07, 6.45) is 1.54. The van der Waals surface area contributed by atoms with E-state index in [4.69, 9.17) is 10.5 Å². The molecule has 5 heteroatoms. The second kappa shape index (κ2) is 6.29. The monoisotopic (exact) mass is 322 g/mol. The molecule has 122 valence electrons. The van der Waals surface area contributed by atoms with Crippen LogP contribution in [0, 0.1) is 0 Å². The van der Waals surface area contributed by atoms with Gasteiger partial charge in [0.1, 0.15) is 5.75 Å². The Balaban J connectivity index is 2.17. The van der Waals surface area contributed by atoms with E-state index in [0.29, 0.717) is 27.6 Å². The van der Waals surface area contributed by atoms with Crippen molar-refractivity contribution in [3.8, 4) is 5.75 Å². The van der Waals surface area contributed by atoms with Crippen molar-refractivity contribution in [2.75, 3.05) is 7.11 Å². The lowest BCUT2D eigenvalue weighted by Gasteiger charge is -2.13. The summed E-state index contributed by atoms with van der Waals surface area (Å²) >= 11 is 0. The zero-order valence-corrected chi connectivity index (χ0v) is 13.5. The first-order valence-electron chi connectivity index (χ1n) is 7.61. The number of pyridine rings is 1. The third kappa shape index (κ3) is 2.70. The van der Waals surface area contributed by atoms with Gasteiger partial charge >= 0.3 is 0 Å². The molecule has 0 radical (unpaired) electrons. The van der Waals surface area contributed by atoms with E-state index in [1.54, 1.807) is 36.4 Å². The molecule has 0 aliphatic heterocycles.